The van der Waals surface area contributed by atoms with Gasteiger partial charge in [0.25, 0.3) is 0 Å². The Balaban J connectivity index is 1.63. The summed E-state index contributed by atoms with van der Waals surface area (Å²) >= 11 is 0. The SMILES string of the molecule is CC(CCc1ccccc1)NCC1CCCN(C)C1. The van der Waals surface area contributed by atoms with Gasteiger partial charge in [-0.2, -0.15) is 0 Å². The van der Waals surface area contributed by atoms with Gasteiger partial charge >= 0.3 is 0 Å². The van der Waals surface area contributed by atoms with Crippen LogP contribution in [0.25, 0.3) is 0 Å². The molecule has 2 heteroatoms. The number of likely N-dealkylation sites (tertiary alicyclic amines) is 1. The second-order valence-electron chi connectivity index (χ2n) is 6.10. The Morgan fingerprint density at radius 3 is 2.84 bits per heavy atom. The molecule has 0 aliphatic carbocycles. The fraction of sp³-hybridized carbons (Fsp3) is 0.647. The second kappa shape index (κ2) is 7.66. The van der Waals surface area contributed by atoms with Gasteiger partial charge in [0.05, 0.1) is 0 Å². The van der Waals surface area contributed by atoms with Crippen molar-refractivity contribution in [2.75, 3.05) is 26.7 Å². The van der Waals surface area contributed by atoms with E-state index in [4.69, 9.17) is 0 Å². The first-order valence-electron chi connectivity index (χ1n) is 7.70. The zero-order chi connectivity index (χ0) is 13.5. The number of nitrogens with zero attached hydrogens (tertiary/aromatic N) is 1. The third kappa shape index (κ3) is 5.33. The zero-order valence-corrected chi connectivity index (χ0v) is 12.4. The standard InChI is InChI=1S/C17H28N2/c1-15(10-11-16-7-4-3-5-8-16)18-13-17-9-6-12-19(2)14-17/h3-5,7-8,15,17-18H,6,9-14H2,1-2H3. The Bertz CT molecular complexity index is 350. The van der Waals surface area contributed by atoms with Crippen LogP contribution in [0.1, 0.15) is 31.7 Å². The largest absolute Gasteiger partial charge is 0.314 e. The quantitative estimate of drug-likeness (QED) is 0.846. The van der Waals surface area contributed by atoms with Gasteiger partial charge in [0, 0.05) is 12.6 Å². The molecule has 106 valence electrons. The van der Waals surface area contributed by atoms with E-state index in [-0.39, 0.29) is 0 Å². The summed E-state index contributed by atoms with van der Waals surface area (Å²) in [7, 11) is 2.24. The lowest BCUT2D eigenvalue weighted by Crippen LogP contribution is -2.39. The minimum atomic E-state index is 0.618. The molecule has 1 aliphatic rings. The fourth-order valence-electron chi connectivity index (χ4n) is 2.94. The van der Waals surface area contributed by atoms with E-state index in [9.17, 15) is 0 Å². The summed E-state index contributed by atoms with van der Waals surface area (Å²) in [4.78, 5) is 2.46. The molecule has 0 spiro atoms. The smallest absolute Gasteiger partial charge is 0.00420 e. The van der Waals surface area contributed by atoms with Crippen molar-refractivity contribution in [1.29, 1.82) is 0 Å². The van der Waals surface area contributed by atoms with Gasteiger partial charge in [-0.3, -0.25) is 0 Å². The van der Waals surface area contributed by atoms with Gasteiger partial charge in [0.2, 0.25) is 0 Å². The topological polar surface area (TPSA) is 15.3 Å². The molecule has 1 aromatic carbocycles. The number of aryl methyl sites for hydroxylation is 1. The third-order valence-electron chi connectivity index (χ3n) is 4.19. The molecule has 2 rings (SSSR count). The highest BCUT2D eigenvalue weighted by Crippen LogP contribution is 2.14. The maximum atomic E-state index is 3.72. The average molecular weight is 260 g/mol. The van der Waals surface area contributed by atoms with Crippen LogP contribution in [0.3, 0.4) is 0 Å². The first kappa shape index (κ1) is 14.5. The Hall–Kier alpha value is -0.860. The molecule has 1 heterocycles. The molecule has 0 radical (unpaired) electrons. The van der Waals surface area contributed by atoms with Crippen molar-refractivity contribution in [2.24, 2.45) is 5.92 Å². The number of benzene rings is 1. The average Bonchev–Trinajstić information content (AvgIpc) is 2.44. The second-order valence-corrected chi connectivity index (χ2v) is 6.10. The summed E-state index contributed by atoms with van der Waals surface area (Å²) < 4.78 is 0. The molecule has 1 N–H and O–H groups in total. The van der Waals surface area contributed by atoms with Crippen LogP contribution in [-0.2, 0) is 6.42 Å². The predicted molar refractivity (Wildman–Crippen MR) is 82.4 cm³/mol. The summed E-state index contributed by atoms with van der Waals surface area (Å²) in [5, 5.41) is 3.72. The number of piperidine rings is 1. The molecular formula is C17H28N2. The van der Waals surface area contributed by atoms with Crippen LogP contribution in [0.15, 0.2) is 30.3 Å². The summed E-state index contributed by atoms with van der Waals surface area (Å²) in [6.45, 7) is 6.04. The highest BCUT2D eigenvalue weighted by molar-refractivity contribution is 5.14. The summed E-state index contributed by atoms with van der Waals surface area (Å²) in [6.07, 6.45) is 5.16. The minimum Gasteiger partial charge on any atom is -0.314 e. The van der Waals surface area contributed by atoms with Crippen molar-refractivity contribution in [1.82, 2.24) is 10.2 Å². The van der Waals surface area contributed by atoms with E-state index in [0.29, 0.717) is 6.04 Å². The normalized spacial score (nSPS) is 22.3. The maximum absolute atomic E-state index is 3.72. The van der Waals surface area contributed by atoms with Gasteiger partial charge in [-0.15, -0.1) is 0 Å². The van der Waals surface area contributed by atoms with E-state index < -0.39 is 0 Å². The molecule has 2 unspecified atom stereocenters. The van der Waals surface area contributed by atoms with E-state index in [2.05, 4.69) is 54.5 Å². The van der Waals surface area contributed by atoms with Crippen molar-refractivity contribution in [2.45, 2.75) is 38.6 Å². The third-order valence-corrected chi connectivity index (χ3v) is 4.19. The lowest BCUT2D eigenvalue weighted by atomic mass is 9.98. The first-order chi connectivity index (χ1) is 9.24. The Morgan fingerprint density at radius 1 is 1.32 bits per heavy atom. The molecular weight excluding hydrogens is 232 g/mol. The highest BCUT2D eigenvalue weighted by Gasteiger charge is 2.17. The van der Waals surface area contributed by atoms with Gasteiger partial charge in [-0.05, 0) is 64.2 Å². The van der Waals surface area contributed by atoms with E-state index in [1.807, 2.05) is 0 Å². The molecule has 2 atom stereocenters. The minimum absolute atomic E-state index is 0.618. The molecule has 1 aromatic rings. The van der Waals surface area contributed by atoms with Crippen LogP contribution in [-0.4, -0.2) is 37.6 Å². The van der Waals surface area contributed by atoms with Crippen LogP contribution in [0.5, 0.6) is 0 Å². The number of rotatable bonds is 6. The molecule has 0 saturated carbocycles. The van der Waals surface area contributed by atoms with Crippen molar-refractivity contribution >= 4 is 0 Å². The molecule has 0 amide bonds. The van der Waals surface area contributed by atoms with Crippen LogP contribution in [0, 0.1) is 5.92 Å². The van der Waals surface area contributed by atoms with Gasteiger partial charge in [-0.25, -0.2) is 0 Å². The molecule has 1 fully saturated rings. The highest BCUT2D eigenvalue weighted by atomic mass is 15.1. The Morgan fingerprint density at radius 2 is 2.11 bits per heavy atom. The molecule has 1 aliphatic heterocycles. The van der Waals surface area contributed by atoms with Crippen molar-refractivity contribution < 1.29 is 0 Å². The molecule has 0 bridgehead atoms. The van der Waals surface area contributed by atoms with Crippen molar-refractivity contribution in [3.63, 3.8) is 0 Å². The van der Waals surface area contributed by atoms with Crippen LogP contribution in [0.4, 0.5) is 0 Å². The summed E-state index contributed by atoms with van der Waals surface area (Å²) in [5.74, 6) is 0.845. The van der Waals surface area contributed by atoms with Crippen molar-refractivity contribution in [3.8, 4) is 0 Å². The van der Waals surface area contributed by atoms with Gasteiger partial charge in [-0.1, -0.05) is 30.3 Å². The molecule has 2 nitrogen and oxygen atoms in total. The molecule has 1 saturated heterocycles. The van der Waals surface area contributed by atoms with E-state index >= 15 is 0 Å². The van der Waals surface area contributed by atoms with Gasteiger partial charge in [0.15, 0.2) is 0 Å². The maximum Gasteiger partial charge on any atom is 0.00420 e. The van der Waals surface area contributed by atoms with Gasteiger partial charge < -0.3 is 10.2 Å². The van der Waals surface area contributed by atoms with E-state index in [1.54, 1.807) is 0 Å². The number of hydrogen-bond acceptors (Lipinski definition) is 2. The van der Waals surface area contributed by atoms with Gasteiger partial charge in [0.1, 0.15) is 0 Å². The van der Waals surface area contributed by atoms with E-state index in [0.717, 1.165) is 5.92 Å². The summed E-state index contributed by atoms with van der Waals surface area (Å²) in [5.41, 5.74) is 1.45. The molecule has 19 heavy (non-hydrogen) atoms. The fourth-order valence-corrected chi connectivity index (χ4v) is 2.94. The van der Waals surface area contributed by atoms with Crippen LogP contribution >= 0.6 is 0 Å². The first-order valence-corrected chi connectivity index (χ1v) is 7.70. The molecule has 0 aromatic heterocycles. The monoisotopic (exact) mass is 260 g/mol. The lowest BCUT2D eigenvalue weighted by Gasteiger charge is -2.30. The zero-order valence-electron chi connectivity index (χ0n) is 12.4. The van der Waals surface area contributed by atoms with Crippen molar-refractivity contribution in [3.05, 3.63) is 35.9 Å². The lowest BCUT2D eigenvalue weighted by molar-refractivity contribution is 0.203. The van der Waals surface area contributed by atoms with Crippen LogP contribution < -0.4 is 5.32 Å². The number of nitrogens with one attached hydrogen (secondary N) is 1. The summed E-state index contributed by atoms with van der Waals surface area (Å²) in [6, 6.07) is 11.4. The Kier molecular flexibility index (Phi) is 5.87. The Labute approximate surface area is 118 Å². The van der Waals surface area contributed by atoms with E-state index in [1.165, 1.54) is 50.9 Å². The number of hydrogen-bond donors (Lipinski definition) is 1. The predicted octanol–water partition coefficient (Wildman–Crippen LogP) is 2.94. The van der Waals surface area contributed by atoms with Crippen LogP contribution in [0.2, 0.25) is 0 Å².